The van der Waals surface area contributed by atoms with E-state index in [0.29, 0.717) is 21.6 Å². The number of aromatic nitrogens is 4. The molecule has 1 aliphatic rings. The fourth-order valence-electron chi connectivity index (χ4n) is 4.06. The van der Waals surface area contributed by atoms with Crippen LogP contribution < -0.4 is 5.56 Å². The number of benzene rings is 1. The second kappa shape index (κ2) is 8.14. The highest BCUT2D eigenvalue weighted by Gasteiger charge is 2.44. The summed E-state index contributed by atoms with van der Waals surface area (Å²) in [6.45, 7) is 0.835. The minimum absolute atomic E-state index is 0.110. The highest BCUT2D eigenvalue weighted by molar-refractivity contribution is 7.16. The number of amides is 1. The zero-order valence-corrected chi connectivity index (χ0v) is 18.0. The average Bonchev–Trinajstić information content (AvgIpc) is 3.45. The van der Waals surface area contributed by atoms with E-state index in [4.69, 9.17) is 0 Å². The highest BCUT2D eigenvalue weighted by Crippen LogP contribution is 2.34. The van der Waals surface area contributed by atoms with Crippen molar-refractivity contribution < 1.29 is 18.0 Å². The maximum Gasteiger partial charge on any atom is 0.409 e. The molecule has 1 aliphatic heterocycles. The fraction of sp³-hybridized carbons (Fsp3) is 0.273. The Hall–Kier alpha value is -3.47. The molecule has 5 rings (SSSR count). The summed E-state index contributed by atoms with van der Waals surface area (Å²) in [6, 6.07) is 8.55. The third-order valence-electron chi connectivity index (χ3n) is 5.79. The first-order valence-electron chi connectivity index (χ1n) is 10.2. The van der Waals surface area contributed by atoms with Crippen LogP contribution in [0.5, 0.6) is 0 Å². The van der Waals surface area contributed by atoms with Crippen LogP contribution in [0.3, 0.4) is 0 Å². The van der Waals surface area contributed by atoms with Crippen molar-refractivity contribution in [2.75, 3.05) is 6.54 Å². The molecule has 0 fully saturated rings. The summed E-state index contributed by atoms with van der Waals surface area (Å²) >= 11 is 1.17. The van der Waals surface area contributed by atoms with Gasteiger partial charge in [-0.1, -0.05) is 30.3 Å². The Kier molecular flexibility index (Phi) is 5.28. The van der Waals surface area contributed by atoms with Crippen LogP contribution in [0.2, 0.25) is 0 Å². The van der Waals surface area contributed by atoms with Gasteiger partial charge in [0.2, 0.25) is 5.91 Å². The van der Waals surface area contributed by atoms with Crippen molar-refractivity contribution in [1.82, 2.24) is 24.0 Å². The van der Waals surface area contributed by atoms with Crippen molar-refractivity contribution in [2.24, 2.45) is 0 Å². The third kappa shape index (κ3) is 3.92. The number of thiophene rings is 1. The van der Waals surface area contributed by atoms with Crippen molar-refractivity contribution in [1.29, 1.82) is 0 Å². The van der Waals surface area contributed by atoms with Gasteiger partial charge in [-0.15, -0.1) is 11.3 Å². The van der Waals surface area contributed by atoms with E-state index in [1.807, 2.05) is 34.9 Å². The van der Waals surface area contributed by atoms with Crippen LogP contribution in [-0.2, 0) is 17.9 Å². The molecule has 0 spiro atoms. The van der Waals surface area contributed by atoms with Crippen LogP contribution in [0.4, 0.5) is 13.2 Å². The first kappa shape index (κ1) is 21.4. The molecule has 3 aromatic heterocycles. The van der Waals surface area contributed by atoms with Crippen LogP contribution in [0.1, 0.15) is 18.2 Å². The third-order valence-corrected chi connectivity index (χ3v) is 6.61. The quantitative estimate of drug-likeness (QED) is 0.451. The van der Waals surface area contributed by atoms with Gasteiger partial charge in [-0.3, -0.25) is 14.2 Å². The standard InChI is InChI=1S/C22H18F3N5O2S/c23-22(24,25)17(30-13-27-20-15(21(30)32)6-9-33-20)10-18(31)28-7-8-29-12-26-19(16(29)11-28)14-4-2-1-3-5-14/h1-6,9,12-13,17H,7-8,10-11H2. The lowest BCUT2D eigenvalue weighted by Crippen LogP contribution is -2.42. The van der Waals surface area contributed by atoms with Gasteiger partial charge in [0.25, 0.3) is 5.56 Å². The Morgan fingerprint density at radius 2 is 1.88 bits per heavy atom. The first-order valence-corrected chi connectivity index (χ1v) is 11.1. The lowest BCUT2D eigenvalue weighted by molar-refractivity contribution is -0.176. The zero-order valence-electron chi connectivity index (χ0n) is 17.2. The number of hydrogen-bond donors (Lipinski definition) is 0. The molecule has 4 aromatic rings. The molecule has 0 bridgehead atoms. The van der Waals surface area contributed by atoms with Gasteiger partial charge in [0, 0.05) is 18.7 Å². The number of halogens is 3. The molecule has 33 heavy (non-hydrogen) atoms. The molecular formula is C22H18F3N5O2S. The van der Waals surface area contributed by atoms with E-state index < -0.39 is 30.1 Å². The lowest BCUT2D eigenvalue weighted by atomic mass is 10.1. The van der Waals surface area contributed by atoms with Gasteiger partial charge in [0.1, 0.15) is 10.9 Å². The second-order valence-corrected chi connectivity index (χ2v) is 8.67. The number of alkyl halides is 3. The molecular weight excluding hydrogens is 455 g/mol. The number of carbonyl (C=O) groups is 1. The molecule has 1 atom stereocenters. The molecule has 0 saturated heterocycles. The summed E-state index contributed by atoms with van der Waals surface area (Å²) in [7, 11) is 0. The first-order chi connectivity index (χ1) is 15.8. The number of fused-ring (bicyclic) bond motifs is 2. The molecule has 1 unspecified atom stereocenters. The number of rotatable bonds is 4. The molecule has 0 N–H and O–H groups in total. The van der Waals surface area contributed by atoms with Crippen molar-refractivity contribution in [2.45, 2.75) is 31.7 Å². The Balaban J connectivity index is 1.42. The molecule has 0 saturated carbocycles. The van der Waals surface area contributed by atoms with Gasteiger partial charge in [-0.25, -0.2) is 9.97 Å². The molecule has 1 amide bonds. The van der Waals surface area contributed by atoms with Crippen molar-refractivity contribution in [3.05, 3.63) is 70.5 Å². The minimum atomic E-state index is -4.79. The van der Waals surface area contributed by atoms with Gasteiger partial charge in [0.05, 0.1) is 42.4 Å². The zero-order chi connectivity index (χ0) is 23.2. The maximum atomic E-state index is 13.9. The smallest absolute Gasteiger partial charge is 0.335 e. The van der Waals surface area contributed by atoms with E-state index in [-0.39, 0.29) is 18.5 Å². The monoisotopic (exact) mass is 473 g/mol. The second-order valence-electron chi connectivity index (χ2n) is 7.77. The van der Waals surface area contributed by atoms with Gasteiger partial charge >= 0.3 is 6.18 Å². The van der Waals surface area contributed by atoms with Crippen LogP contribution in [0.25, 0.3) is 21.5 Å². The van der Waals surface area contributed by atoms with E-state index in [1.54, 1.807) is 11.7 Å². The molecule has 0 radical (unpaired) electrons. The minimum Gasteiger partial charge on any atom is -0.335 e. The number of hydrogen-bond acceptors (Lipinski definition) is 5. The molecule has 0 aliphatic carbocycles. The van der Waals surface area contributed by atoms with E-state index in [2.05, 4.69) is 9.97 Å². The van der Waals surface area contributed by atoms with Crippen LogP contribution in [0, 0.1) is 0 Å². The van der Waals surface area contributed by atoms with Crippen LogP contribution >= 0.6 is 11.3 Å². The SMILES string of the molecule is O=C(CC(n1cnc2sccc2c1=O)C(F)(F)F)N1CCn2cnc(-c3ccccc3)c2C1. The summed E-state index contributed by atoms with van der Waals surface area (Å²) in [6.07, 6.45) is -3.11. The summed E-state index contributed by atoms with van der Waals surface area (Å²) in [5.74, 6) is -0.680. The van der Waals surface area contributed by atoms with E-state index >= 15 is 0 Å². The Bertz CT molecular complexity index is 1380. The largest absolute Gasteiger partial charge is 0.409 e. The van der Waals surface area contributed by atoms with E-state index in [9.17, 15) is 22.8 Å². The normalized spacial score (nSPS) is 14.9. The van der Waals surface area contributed by atoms with E-state index in [1.165, 1.54) is 22.3 Å². The maximum absolute atomic E-state index is 13.9. The molecule has 1 aromatic carbocycles. The van der Waals surface area contributed by atoms with Crippen LogP contribution in [-0.4, -0.2) is 42.6 Å². The predicted octanol–water partition coefficient (Wildman–Crippen LogP) is 3.86. The van der Waals surface area contributed by atoms with Gasteiger partial charge in [-0.2, -0.15) is 13.2 Å². The van der Waals surface area contributed by atoms with Crippen molar-refractivity contribution in [3.63, 3.8) is 0 Å². The molecule has 170 valence electrons. The van der Waals surface area contributed by atoms with Crippen molar-refractivity contribution >= 4 is 27.5 Å². The van der Waals surface area contributed by atoms with Gasteiger partial charge < -0.3 is 9.47 Å². The molecule has 4 heterocycles. The predicted molar refractivity (Wildman–Crippen MR) is 117 cm³/mol. The van der Waals surface area contributed by atoms with Gasteiger partial charge in [0.15, 0.2) is 0 Å². The number of imidazole rings is 1. The van der Waals surface area contributed by atoms with Gasteiger partial charge in [-0.05, 0) is 11.4 Å². The summed E-state index contributed by atoms with van der Waals surface area (Å²) in [5.41, 5.74) is 1.53. The lowest BCUT2D eigenvalue weighted by Gasteiger charge is -2.31. The fourth-order valence-corrected chi connectivity index (χ4v) is 4.79. The van der Waals surface area contributed by atoms with Crippen LogP contribution in [0.15, 0.2) is 59.2 Å². The molecule has 11 heteroatoms. The van der Waals surface area contributed by atoms with Crippen molar-refractivity contribution in [3.8, 4) is 11.3 Å². The Labute approximate surface area is 189 Å². The number of carbonyl (C=O) groups excluding carboxylic acids is 1. The highest BCUT2D eigenvalue weighted by atomic mass is 32.1. The summed E-state index contributed by atoms with van der Waals surface area (Å²) in [4.78, 5) is 35.8. The Morgan fingerprint density at radius 3 is 2.64 bits per heavy atom. The molecule has 7 nitrogen and oxygen atoms in total. The Morgan fingerprint density at radius 1 is 1.09 bits per heavy atom. The topological polar surface area (TPSA) is 73.0 Å². The summed E-state index contributed by atoms with van der Waals surface area (Å²) in [5, 5.41) is 1.71. The number of nitrogens with zero attached hydrogens (tertiary/aromatic N) is 5. The van der Waals surface area contributed by atoms with E-state index in [0.717, 1.165) is 17.6 Å². The average molecular weight is 473 g/mol. The summed E-state index contributed by atoms with van der Waals surface area (Å²) < 4.78 is 44.3.